The topological polar surface area (TPSA) is 58.3 Å². The number of hydrogen-bond acceptors (Lipinski definition) is 5. The van der Waals surface area contributed by atoms with E-state index < -0.39 is 0 Å². The molecule has 6 heteroatoms. The van der Waals surface area contributed by atoms with Crippen molar-refractivity contribution in [2.75, 3.05) is 24.5 Å². The van der Waals surface area contributed by atoms with E-state index in [2.05, 4.69) is 45.9 Å². The zero-order valence-electron chi connectivity index (χ0n) is 17.9. The van der Waals surface area contributed by atoms with E-state index in [1.54, 1.807) is 12.4 Å². The first-order valence-electron chi connectivity index (χ1n) is 11.0. The maximum Gasteiger partial charge on any atom is 0.132 e. The normalized spacial score (nSPS) is 25.1. The Morgan fingerprint density at radius 1 is 1.17 bits per heavy atom. The lowest BCUT2D eigenvalue weighted by Gasteiger charge is -2.39. The summed E-state index contributed by atoms with van der Waals surface area (Å²) in [5.41, 5.74) is 9.27. The van der Waals surface area contributed by atoms with E-state index in [1.165, 1.54) is 5.70 Å². The van der Waals surface area contributed by atoms with E-state index in [1.807, 2.05) is 6.07 Å². The number of piperidine rings is 1. The van der Waals surface area contributed by atoms with Gasteiger partial charge in [0.05, 0.1) is 17.4 Å². The van der Waals surface area contributed by atoms with Gasteiger partial charge >= 0.3 is 0 Å². The van der Waals surface area contributed by atoms with Crippen LogP contribution in [-0.4, -0.2) is 40.5 Å². The summed E-state index contributed by atoms with van der Waals surface area (Å²) >= 11 is 0. The Hall–Kier alpha value is -2.63. The molecule has 2 atom stereocenters. The molecule has 1 aromatic rings. The number of allylic oxidation sites excluding steroid dienone is 3. The van der Waals surface area contributed by atoms with Crippen molar-refractivity contribution in [3.8, 4) is 0 Å². The van der Waals surface area contributed by atoms with Crippen molar-refractivity contribution in [3.63, 3.8) is 0 Å². The third-order valence-electron chi connectivity index (χ3n) is 6.60. The highest BCUT2D eigenvalue weighted by Gasteiger charge is 2.33. The van der Waals surface area contributed by atoms with Gasteiger partial charge in [0.15, 0.2) is 0 Å². The molecule has 2 fully saturated rings. The van der Waals surface area contributed by atoms with Gasteiger partial charge in [-0.25, -0.2) is 14.4 Å². The molecule has 0 radical (unpaired) electrons. The van der Waals surface area contributed by atoms with E-state index >= 15 is 0 Å². The molecule has 0 amide bonds. The lowest BCUT2D eigenvalue weighted by Crippen LogP contribution is -2.39. The Bertz CT molecular complexity index is 881. The lowest BCUT2D eigenvalue weighted by atomic mass is 9.89. The van der Waals surface area contributed by atoms with Crippen LogP contribution in [0.4, 0.5) is 10.2 Å². The Morgan fingerprint density at radius 2 is 1.93 bits per heavy atom. The highest BCUT2D eigenvalue weighted by molar-refractivity contribution is 5.59. The zero-order valence-corrected chi connectivity index (χ0v) is 17.9. The Kier molecular flexibility index (Phi) is 5.93. The van der Waals surface area contributed by atoms with Crippen LogP contribution in [0.15, 0.2) is 54.8 Å². The second kappa shape index (κ2) is 8.62. The summed E-state index contributed by atoms with van der Waals surface area (Å²) in [6.07, 6.45) is 10.4. The van der Waals surface area contributed by atoms with Crippen molar-refractivity contribution in [3.05, 3.63) is 60.5 Å². The monoisotopic (exact) mass is 409 g/mol. The summed E-state index contributed by atoms with van der Waals surface area (Å²) in [6.45, 7) is 13.2. The number of halogens is 1. The van der Waals surface area contributed by atoms with E-state index in [-0.39, 0.29) is 17.8 Å². The molecule has 30 heavy (non-hydrogen) atoms. The number of anilines is 1. The van der Waals surface area contributed by atoms with Crippen LogP contribution in [0.5, 0.6) is 0 Å². The lowest BCUT2D eigenvalue weighted by molar-refractivity contribution is 0.286. The van der Waals surface area contributed by atoms with Gasteiger partial charge in [-0.3, -0.25) is 0 Å². The second-order valence-corrected chi connectivity index (χ2v) is 8.83. The molecule has 2 aliphatic heterocycles. The van der Waals surface area contributed by atoms with Crippen molar-refractivity contribution in [1.29, 1.82) is 0 Å². The molecular formula is C24H32FN5. The van der Waals surface area contributed by atoms with Crippen molar-refractivity contribution in [2.24, 2.45) is 17.6 Å². The highest BCUT2D eigenvalue weighted by Crippen LogP contribution is 2.37. The second-order valence-electron chi connectivity index (χ2n) is 8.83. The molecule has 0 aromatic carbocycles. The molecule has 5 nitrogen and oxygen atoms in total. The molecular weight excluding hydrogens is 377 g/mol. The van der Waals surface area contributed by atoms with Crippen molar-refractivity contribution in [2.45, 2.75) is 45.1 Å². The van der Waals surface area contributed by atoms with Gasteiger partial charge in [0.1, 0.15) is 18.0 Å². The smallest absolute Gasteiger partial charge is 0.132 e. The number of aromatic nitrogens is 2. The largest absolute Gasteiger partial charge is 0.397 e. The fourth-order valence-electron chi connectivity index (χ4n) is 5.02. The fraction of sp³-hybridized carbons (Fsp3) is 0.500. The Morgan fingerprint density at radius 3 is 2.63 bits per heavy atom. The summed E-state index contributed by atoms with van der Waals surface area (Å²) in [5, 5.41) is 0. The summed E-state index contributed by atoms with van der Waals surface area (Å²) in [4.78, 5) is 13.3. The standard InChI is InChI=1S/C24H32FN5/c1-16-11-20(13-21(25)12-16)23-5-4-8-30(23)18(3)19-6-9-29(10-7-19)24-14-22(17(2)26)27-15-28-24/h11,13-16,19,23H,2-10,12,26H2,1H3. The molecule has 1 aliphatic carbocycles. The van der Waals surface area contributed by atoms with E-state index in [0.29, 0.717) is 23.7 Å². The average Bonchev–Trinajstić information content (AvgIpc) is 3.23. The molecule has 2 saturated heterocycles. The number of rotatable bonds is 5. The molecule has 4 rings (SSSR count). The first kappa shape index (κ1) is 20.6. The van der Waals surface area contributed by atoms with Crippen LogP contribution < -0.4 is 10.6 Å². The quantitative estimate of drug-likeness (QED) is 0.780. The van der Waals surface area contributed by atoms with Crippen LogP contribution in [0.1, 0.15) is 44.7 Å². The fourth-order valence-corrected chi connectivity index (χ4v) is 5.02. The van der Waals surface area contributed by atoms with Gasteiger partial charge in [-0.1, -0.05) is 26.2 Å². The van der Waals surface area contributed by atoms with Crippen LogP contribution in [-0.2, 0) is 0 Å². The van der Waals surface area contributed by atoms with Gasteiger partial charge in [0.2, 0.25) is 0 Å². The molecule has 0 saturated carbocycles. The SMILES string of the molecule is C=C(N)c1cc(N2CCC(C(=C)N3CCCC3C3=CC(C)CC(F)=C3)CC2)ncn1. The summed E-state index contributed by atoms with van der Waals surface area (Å²) in [7, 11) is 0. The van der Waals surface area contributed by atoms with Gasteiger partial charge in [0.25, 0.3) is 0 Å². The van der Waals surface area contributed by atoms with Gasteiger partial charge in [-0.05, 0) is 43.3 Å². The molecule has 2 N–H and O–H groups in total. The van der Waals surface area contributed by atoms with Gasteiger partial charge in [0, 0.05) is 43.7 Å². The summed E-state index contributed by atoms with van der Waals surface area (Å²) in [5.74, 6) is 1.63. The van der Waals surface area contributed by atoms with Crippen LogP contribution >= 0.6 is 0 Å². The van der Waals surface area contributed by atoms with E-state index in [0.717, 1.165) is 56.7 Å². The molecule has 160 valence electrons. The number of hydrogen-bond donors (Lipinski definition) is 1. The first-order valence-corrected chi connectivity index (χ1v) is 11.0. The maximum absolute atomic E-state index is 14.1. The number of nitrogens with zero attached hydrogens (tertiary/aromatic N) is 4. The molecule has 2 unspecified atom stereocenters. The van der Waals surface area contributed by atoms with Crippen LogP contribution in [0, 0.1) is 11.8 Å². The molecule has 0 bridgehead atoms. The van der Waals surface area contributed by atoms with Crippen LogP contribution in [0.2, 0.25) is 0 Å². The third kappa shape index (κ3) is 4.27. The minimum absolute atomic E-state index is 0.00940. The van der Waals surface area contributed by atoms with Gasteiger partial charge in [-0.15, -0.1) is 0 Å². The Balaban J connectivity index is 1.40. The van der Waals surface area contributed by atoms with E-state index in [9.17, 15) is 4.39 Å². The minimum atomic E-state index is 0.00940. The summed E-state index contributed by atoms with van der Waals surface area (Å²) < 4.78 is 14.1. The minimum Gasteiger partial charge on any atom is -0.397 e. The molecule has 3 aliphatic rings. The summed E-state index contributed by atoms with van der Waals surface area (Å²) in [6, 6.07) is 2.18. The van der Waals surface area contributed by atoms with Crippen LogP contribution in [0.3, 0.4) is 0 Å². The highest BCUT2D eigenvalue weighted by atomic mass is 19.1. The predicted octanol–water partition coefficient (Wildman–Crippen LogP) is 4.42. The molecule has 0 spiro atoms. The average molecular weight is 410 g/mol. The Labute approximate surface area is 178 Å². The van der Waals surface area contributed by atoms with Crippen molar-refractivity contribution >= 4 is 11.5 Å². The van der Waals surface area contributed by atoms with Crippen molar-refractivity contribution in [1.82, 2.24) is 14.9 Å². The first-order chi connectivity index (χ1) is 14.4. The number of likely N-dealkylation sites (tertiary alicyclic amines) is 1. The van der Waals surface area contributed by atoms with E-state index in [4.69, 9.17) is 5.73 Å². The number of nitrogens with two attached hydrogens (primary N) is 1. The molecule has 3 heterocycles. The predicted molar refractivity (Wildman–Crippen MR) is 120 cm³/mol. The third-order valence-corrected chi connectivity index (χ3v) is 6.60. The molecule has 1 aromatic heterocycles. The van der Waals surface area contributed by atoms with Gasteiger partial charge in [-0.2, -0.15) is 0 Å². The maximum atomic E-state index is 14.1. The van der Waals surface area contributed by atoms with Crippen molar-refractivity contribution < 1.29 is 4.39 Å². The van der Waals surface area contributed by atoms with Crippen LogP contribution in [0.25, 0.3) is 5.70 Å². The zero-order chi connectivity index (χ0) is 21.3. The van der Waals surface area contributed by atoms with Gasteiger partial charge < -0.3 is 15.5 Å².